The van der Waals surface area contributed by atoms with Crippen molar-refractivity contribution in [2.45, 2.75) is 31.7 Å². The maximum atomic E-state index is 3.79. The smallest absolute Gasteiger partial charge is 0.0349 e. The van der Waals surface area contributed by atoms with Crippen molar-refractivity contribution in [2.75, 3.05) is 5.32 Å². The average Bonchev–Trinajstić information content (AvgIpc) is 3.24. The fraction of sp³-hybridized carbons (Fsp3) is 0.467. The summed E-state index contributed by atoms with van der Waals surface area (Å²) in [6.45, 7) is 0. The van der Waals surface area contributed by atoms with Gasteiger partial charge in [0.2, 0.25) is 0 Å². The summed E-state index contributed by atoms with van der Waals surface area (Å²) in [7, 11) is 0. The van der Waals surface area contributed by atoms with Crippen LogP contribution in [0.15, 0.2) is 29.6 Å². The topological polar surface area (TPSA) is 12.0 Å². The molecule has 2 aliphatic rings. The van der Waals surface area contributed by atoms with E-state index in [1.807, 2.05) is 11.3 Å². The quantitative estimate of drug-likeness (QED) is 0.833. The van der Waals surface area contributed by atoms with Gasteiger partial charge in [0.1, 0.15) is 0 Å². The van der Waals surface area contributed by atoms with Gasteiger partial charge in [-0.3, -0.25) is 0 Å². The Morgan fingerprint density at radius 1 is 1.06 bits per heavy atom. The Kier molecular flexibility index (Phi) is 2.19. The highest BCUT2D eigenvalue weighted by molar-refractivity contribution is 7.17. The third-order valence-electron chi connectivity index (χ3n) is 4.05. The van der Waals surface area contributed by atoms with E-state index < -0.39 is 0 Å². The van der Waals surface area contributed by atoms with Crippen LogP contribution in [0.5, 0.6) is 0 Å². The van der Waals surface area contributed by atoms with Crippen LogP contribution in [0.3, 0.4) is 0 Å². The minimum Gasteiger partial charge on any atom is -0.382 e. The van der Waals surface area contributed by atoms with E-state index in [0.717, 1.165) is 17.9 Å². The lowest BCUT2D eigenvalue weighted by Crippen LogP contribution is -2.24. The third kappa shape index (κ3) is 1.95. The second-order valence-corrected chi connectivity index (χ2v) is 6.47. The Labute approximate surface area is 106 Å². The number of hydrogen-bond donors (Lipinski definition) is 1. The van der Waals surface area contributed by atoms with Crippen molar-refractivity contribution in [1.82, 2.24) is 0 Å². The molecule has 1 nitrogen and oxygen atoms in total. The van der Waals surface area contributed by atoms with Gasteiger partial charge in [-0.2, -0.15) is 0 Å². The largest absolute Gasteiger partial charge is 0.382 e. The lowest BCUT2D eigenvalue weighted by atomic mass is 10.1. The summed E-state index contributed by atoms with van der Waals surface area (Å²) in [4.78, 5) is 0. The maximum Gasteiger partial charge on any atom is 0.0349 e. The van der Waals surface area contributed by atoms with Crippen molar-refractivity contribution in [3.05, 3.63) is 29.6 Å². The maximum absolute atomic E-state index is 3.79. The van der Waals surface area contributed by atoms with Gasteiger partial charge in [-0.05, 0) is 72.6 Å². The second-order valence-electron chi connectivity index (χ2n) is 5.52. The molecule has 1 heterocycles. The van der Waals surface area contributed by atoms with Crippen molar-refractivity contribution in [1.29, 1.82) is 0 Å². The molecule has 2 saturated carbocycles. The average molecular weight is 243 g/mol. The summed E-state index contributed by atoms with van der Waals surface area (Å²) >= 11 is 1.82. The van der Waals surface area contributed by atoms with Gasteiger partial charge in [0, 0.05) is 16.4 Å². The molecule has 2 aromatic rings. The monoisotopic (exact) mass is 243 g/mol. The second kappa shape index (κ2) is 3.74. The Hall–Kier alpha value is -1.02. The first-order valence-electron chi connectivity index (χ1n) is 6.64. The highest BCUT2D eigenvalue weighted by Gasteiger charge is 2.41. The molecule has 0 amide bonds. The minimum atomic E-state index is 0.756. The first-order valence-corrected chi connectivity index (χ1v) is 7.52. The van der Waals surface area contributed by atoms with Crippen LogP contribution in [0.1, 0.15) is 25.7 Å². The van der Waals surface area contributed by atoms with E-state index in [0.29, 0.717) is 0 Å². The van der Waals surface area contributed by atoms with Crippen LogP contribution < -0.4 is 5.32 Å². The third-order valence-corrected chi connectivity index (χ3v) is 4.94. The summed E-state index contributed by atoms with van der Waals surface area (Å²) in [6, 6.07) is 9.78. The van der Waals surface area contributed by atoms with Crippen LogP contribution in [-0.2, 0) is 0 Å². The van der Waals surface area contributed by atoms with Gasteiger partial charge in [-0.25, -0.2) is 0 Å². The summed E-state index contributed by atoms with van der Waals surface area (Å²) in [5, 5.41) is 7.34. The molecule has 88 valence electrons. The number of benzene rings is 1. The number of thiophene rings is 1. The fourth-order valence-corrected chi connectivity index (χ4v) is 3.55. The molecule has 0 spiro atoms. The van der Waals surface area contributed by atoms with Crippen LogP contribution in [0.25, 0.3) is 10.1 Å². The Balaban J connectivity index is 1.59. The molecule has 1 aromatic carbocycles. The number of fused-ring (bicyclic) bond motifs is 1. The number of rotatable bonds is 4. The van der Waals surface area contributed by atoms with Crippen LogP contribution in [0, 0.1) is 11.8 Å². The zero-order valence-corrected chi connectivity index (χ0v) is 10.7. The molecule has 0 bridgehead atoms. The van der Waals surface area contributed by atoms with Crippen molar-refractivity contribution in [3.63, 3.8) is 0 Å². The normalized spacial score (nSPS) is 20.1. The number of hydrogen-bond acceptors (Lipinski definition) is 2. The van der Waals surface area contributed by atoms with Crippen LogP contribution in [0.2, 0.25) is 0 Å². The van der Waals surface area contributed by atoms with Crippen molar-refractivity contribution < 1.29 is 0 Å². The molecule has 0 aliphatic heterocycles. The van der Waals surface area contributed by atoms with E-state index in [2.05, 4.69) is 35.0 Å². The summed E-state index contributed by atoms with van der Waals surface area (Å²) in [5.41, 5.74) is 1.32. The zero-order valence-electron chi connectivity index (χ0n) is 9.86. The molecule has 1 N–H and O–H groups in total. The van der Waals surface area contributed by atoms with Gasteiger partial charge >= 0.3 is 0 Å². The molecular formula is C15H17NS. The van der Waals surface area contributed by atoms with E-state index in [-0.39, 0.29) is 0 Å². The summed E-state index contributed by atoms with van der Waals surface area (Å²) < 4.78 is 1.39. The van der Waals surface area contributed by atoms with Gasteiger partial charge in [-0.15, -0.1) is 11.3 Å². The zero-order chi connectivity index (χ0) is 11.2. The molecule has 4 rings (SSSR count). The predicted octanol–water partition coefficient (Wildman–Crippen LogP) is 4.50. The van der Waals surface area contributed by atoms with Crippen LogP contribution in [0.4, 0.5) is 5.69 Å². The molecule has 0 unspecified atom stereocenters. The molecule has 2 aliphatic carbocycles. The molecule has 2 fully saturated rings. The van der Waals surface area contributed by atoms with Crippen molar-refractivity contribution in [3.8, 4) is 0 Å². The van der Waals surface area contributed by atoms with E-state index in [1.54, 1.807) is 0 Å². The first kappa shape index (κ1) is 9.95. The van der Waals surface area contributed by atoms with Crippen LogP contribution >= 0.6 is 11.3 Å². The first-order chi connectivity index (χ1) is 8.40. The molecule has 0 saturated heterocycles. The molecule has 0 radical (unpaired) electrons. The summed E-state index contributed by atoms with van der Waals surface area (Å²) in [6.07, 6.45) is 5.76. The van der Waals surface area contributed by atoms with Gasteiger partial charge in [0.15, 0.2) is 0 Å². The molecule has 1 aromatic heterocycles. The van der Waals surface area contributed by atoms with Crippen molar-refractivity contribution in [2.24, 2.45) is 11.8 Å². The summed E-state index contributed by atoms with van der Waals surface area (Å²) in [5.74, 6) is 1.92. The van der Waals surface area contributed by atoms with Gasteiger partial charge in [0.25, 0.3) is 0 Å². The Bertz CT molecular complexity index is 525. The highest BCUT2D eigenvalue weighted by Crippen LogP contribution is 2.46. The SMILES string of the molecule is c1cc2cc(NC(C3CC3)C3CC3)ccc2s1. The van der Waals surface area contributed by atoms with E-state index in [9.17, 15) is 0 Å². The van der Waals surface area contributed by atoms with Gasteiger partial charge < -0.3 is 5.32 Å². The molecule has 0 atom stereocenters. The highest BCUT2D eigenvalue weighted by atomic mass is 32.1. The minimum absolute atomic E-state index is 0.756. The Morgan fingerprint density at radius 3 is 2.53 bits per heavy atom. The van der Waals surface area contributed by atoms with Gasteiger partial charge in [-0.1, -0.05) is 0 Å². The molecule has 17 heavy (non-hydrogen) atoms. The molecular weight excluding hydrogens is 226 g/mol. The number of nitrogens with one attached hydrogen (secondary N) is 1. The number of anilines is 1. The predicted molar refractivity (Wildman–Crippen MR) is 74.7 cm³/mol. The van der Waals surface area contributed by atoms with E-state index >= 15 is 0 Å². The standard InChI is InChI=1S/C15H17NS/c1-2-10(1)15(11-3-4-11)16-13-5-6-14-12(9-13)7-8-17-14/h5-11,15-16H,1-4H2. The van der Waals surface area contributed by atoms with E-state index in [1.165, 1.54) is 41.5 Å². The molecule has 2 heteroatoms. The Morgan fingerprint density at radius 2 is 1.82 bits per heavy atom. The lowest BCUT2D eigenvalue weighted by Gasteiger charge is -2.19. The van der Waals surface area contributed by atoms with E-state index in [4.69, 9.17) is 0 Å². The van der Waals surface area contributed by atoms with Crippen molar-refractivity contribution >= 4 is 27.1 Å². The fourth-order valence-electron chi connectivity index (χ4n) is 2.78. The van der Waals surface area contributed by atoms with Gasteiger partial charge in [0.05, 0.1) is 0 Å². The lowest BCUT2D eigenvalue weighted by molar-refractivity contribution is 0.568. The van der Waals surface area contributed by atoms with Crippen LogP contribution in [-0.4, -0.2) is 6.04 Å².